The van der Waals surface area contributed by atoms with Crippen LogP contribution in [0.4, 0.5) is 17.6 Å². The van der Waals surface area contributed by atoms with Crippen LogP contribution in [0.15, 0.2) is 24.3 Å². The Morgan fingerprint density at radius 1 is 1.33 bits per heavy atom. The largest absolute Gasteiger partial charge is 0.405 e. The van der Waals surface area contributed by atoms with Crippen LogP contribution < -0.4 is 5.32 Å². The van der Waals surface area contributed by atoms with Gasteiger partial charge in [0.2, 0.25) is 0 Å². The monoisotopic (exact) mass is 277 g/mol. The Balaban J connectivity index is 2.21. The first-order chi connectivity index (χ1) is 8.37. The third kappa shape index (κ3) is 2.79. The Bertz CT molecular complexity index is 590. The van der Waals surface area contributed by atoms with Gasteiger partial charge in [0.15, 0.2) is 0 Å². The van der Waals surface area contributed by atoms with Gasteiger partial charge >= 0.3 is 6.18 Å². The molecule has 0 aliphatic carbocycles. The maximum Gasteiger partial charge on any atom is 0.405 e. The second-order valence-corrected chi connectivity index (χ2v) is 4.64. The summed E-state index contributed by atoms with van der Waals surface area (Å²) in [6, 6.07) is 5.56. The van der Waals surface area contributed by atoms with Gasteiger partial charge in [-0.05, 0) is 18.2 Å². The zero-order valence-electron chi connectivity index (χ0n) is 8.84. The van der Waals surface area contributed by atoms with Gasteiger partial charge in [0.1, 0.15) is 12.4 Å². The lowest BCUT2D eigenvalue weighted by molar-refractivity contribution is -0.123. The van der Waals surface area contributed by atoms with E-state index in [4.69, 9.17) is 0 Å². The molecule has 18 heavy (non-hydrogen) atoms. The molecule has 96 valence electrons. The van der Waals surface area contributed by atoms with E-state index in [2.05, 4.69) is 0 Å². The summed E-state index contributed by atoms with van der Waals surface area (Å²) in [4.78, 5) is 11.5. The third-order valence-electron chi connectivity index (χ3n) is 2.18. The Labute approximate surface area is 103 Å². The SMILES string of the molecule is O=C(NCC(F)(F)F)c1cc2c(F)cccc2s1. The number of alkyl halides is 3. The first kappa shape index (κ1) is 12.8. The van der Waals surface area contributed by atoms with Crippen molar-refractivity contribution in [1.29, 1.82) is 0 Å². The minimum absolute atomic E-state index is 0.0550. The zero-order valence-corrected chi connectivity index (χ0v) is 9.66. The van der Waals surface area contributed by atoms with Crippen LogP contribution in [0.2, 0.25) is 0 Å². The predicted octanol–water partition coefficient (Wildman–Crippen LogP) is 3.33. The highest BCUT2D eigenvalue weighted by atomic mass is 32.1. The number of carbonyl (C=O) groups is 1. The molecule has 7 heteroatoms. The molecule has 2 rings (SSSR count). The number of hydrogen-bond acceptors (Lipinski definition) is 2. The molecule has 0 bridgehead atoms. The normalized spacial score (nSPS) is 11.8. The fourth-order valence-corrected chi connectivity index (χ4v) is 2.40. The molecular weight excluding hydrogens is 270 g/mol. The Kier molecular flexibility index (Phi) is 3.25. The summed E-state index contributed by atoms with van der Waals surface area (Å²) in [5.41, 5.74) is 0. The average Bonchev–Trinajstić information content (AvgIpc) is 2.70. The van der Waals surface area contributed by atoms with Gasteiger partial charge < -0.3 is 5.32 Å². The van der Waals surface area contributed by atoms with Crippen molar-refractivity contribution in [2.75, 3.05) is 6.54 Å². The smallest absolute Gasteiger partial charge is 0.342 e. The number of hydrogen-bond donors (Lipinski definition) is 1. The van der Waals surface area contributed by atoms with Gasteiger partial charge in [-0.25, -0.2) is 4.39 Å². The lowest BCUT2D eigenvalue weighted by Gasteiger charge is -2.06. The highest BCUT2D eigenvalue weighted by Gasteiger charge is 2.28. The van der Waals surface area contributed by atoms with E-state index in [0.717, 1.165) is 11.3 Å². The van der Waals surface area contributed by atoms with Crippen LogP contribution >= 0.6 is 11.3 Å². The predicted molar refractivity (Wildman–Crippen MR) is 60.2 cm³/mol. The number of carbonyl (C=O) groups excluding carboxylic acids is 1. The molecule has 2 nitrogen and oxygen atoms in total. The molecule has 1 aromatic heterocycles. The first-order valence-electron chi connectivity index (χ1n) is 4.90. The number of thiophene rings is 1. The van der Waals surface area contributed by atoms with E-state index in [0.29, 0.717) is 4.70 Å². The van der Waals surface area contributed by atoms with Crippen molar-refractivity contribution < 1.29 is 22.4 Å². The summed E-state index contributed by atoms with van der Waals surface area (Å²) in [6.45, 7) is -1.40. The minimum Gasteiger partial charge on any atom is -0.342 e. The standard InChI is InChI=1S/C11H7F4NOS/c12-7-2-1-3-8-6(7)4-9(18-8)10(17)16-5-11(13,14)15/h1-4H,5H2,(H,16,17). The minimum atomic E-state index is -4.46. The van der Waals surface area contributed by atoms with E-state index in [-0.39, 0.29) is 10.3 Å². The second-order valence-electron chi connectivity index (χ2n) is 3.56. The molecule has 1 N–H and O–H groups in total. The van der Waals surface area contributed by atoms with Crippen LogP contribution in [0.25, 0.3) is 10.1 Å². The molecule has 1 amide bonds. The summed E-state index contributed by atoms with van der Waals surface area (Å²) >= 11 is 0.951. The number of rotatable bonds is 2. The fourth-order valence-electron chi connectivity index (χ4n) is 1.40. The maximum absolute atomic E-state index is 13.3. The Morgan fingerprint density at radius 2 is 2.06 bits per heavy atom. The number of amides is 1. The van der Waals surface area contributed by atoms with Crippen molar-refractivity contribution in [2.24, 2.45) is 0 Å². The van der Waals surface area contributed by atoms with E-state index in [1.807, 2.05) is 0 Å². The number of nitrogens with one attached hydrogen (secondary N) is 1. The van der Waals surface area contributed by atoms with Crippen molar-refractivity contribution in [1.82, 2.24) is 5.32 Å². The summed E-state index contributed by atoms with van der Waals surface area (Å²) in [7, 11) is 0. The van der Waals surface area contributed by atoms with E-state index in [1.54, 1.807) is 11.4 Å². The van der Waals surface area contributed by atoms with Gasteiger partial charge in [-0.15, -0.1) is 11.3 Å². The lowest BCUT2D eigenvalue weighted by atomic mass is 10.2. The van der Waals surface area contributed by atoms with E-state index in [1.165, 1.54) is 18.2 Å². The molecule has 0 saturated heterocycles. The van der Waals surface area contributed by atoms with Gasteiger partial charge in [0, 0.05) is 10.1 Å². The lowest BCUT2D eigenvalue weighted by Crippen LogP contribution is -2.33. The van der Waals surface area contributed by atoms with Crippen molar-refractivity contribution >= 4 is 27.3 Å². The van der Waals surface area contributed by atoms with Gasteiger partial charge in [-0.1, -0.05) is 6.07 Å². The van der Waals surface area contributed by atoms with Crippen molar-refractivity contribution in [2.45, 2.75) is 6.18 Å². The summed E-state index contributed by atoms with van der Waals surface area (Å²) in [5, 5.41) is 1.98. The summed E-state index contributed by atoms with van der Waals surface area (Å²) < 4.78 is 49.6. The number of fused-ring (bicyclic) bond motifs is 1. The first-order valence-corrected chi connectivity index (χ1v) is 5.71. The van der Waals surface area contributed by atoms with Crippen LogP contribution in [0.5, 0.6) is 0 Å². The highest BCUT2D eigenvalue weighted by Crippen LogP contribution is 2.27. The van der Waals surface area contributed by atoms with Crippen LogP contribution in [0.1, 0.15) is 9.67 Å². The van der Waals surface area contributed by atoms with E-state index >= 15 is 0 Å². The van der Waals surface area contributed by atoms with Gasteiger partial charge in [-0.2, -0.15) is 13.2 Å². The van der Waals surface area contributed by atoms with E-state index in [9.17, 15) is 22.4 Å². The number of benzene rings is 1. The summed E-state index contributed by atoms with van der Waals surface area (Å²) in [6.07, 6.45) is -4.46. The highest BCUT2D eigenvalue weighted by molar-refractivity contribution is 7.20. The molecule has 0 atom stereocenters. The molecule has 0 radical (unpaired) electrons. The van der Waals surface area contributed by atoms with Crippen LogP contribution in [-0.2, 0) is 0 Å². The zero-order chi connectivity index (χ0) is 13.3. The maximum atomic E-state index is 13.3. The van der Waals surface area contributed by atoms with Gasteiger partial charge in [0.05, 0.1) is 4.88 Å². The topological polar surface area (TPSA) is 29.1 Å². The molecular formula is C11H7F4NOS. The molecule has 0 fully saturated rings. The summed E-state index contributed by atoms with van der Waals surface area (Å²) in [5.74, 6) is -1.36. The molecule has 0 spiro atoms. The molecule has 0 aliphatic rings. The molecule has 1 aromatic carbocycles. The molecule has 0 aliphatic heterocycles. The van der Waals surface area contributed by atoms with Crippen LogP contribution in [-0.4, -0.2) is 18.6 Å². The molecule has 0 saturated carbocycles. The molecule has 1 heterocycles. The fraction of sp³-hybridized carbons (Fsp3) is 0.182. The van der Waals surface area contributed by atoms with Crippen LogP contribution in [0, 0.1) is 5.82 Å². The van der Waals surface area contributed by atoms with E-state index < -0.39 is 24.4 Å². The second kappa shape index (κ2) is 4.56. The Hall–Kier alpha value is -1.63. The van der Waals surface area contributed by atoms with Crippen molar-refractivity contribution in [3.05, 3.63) is 35.0 Å². The third-order valence-corrected chi connectivity index (χ3v) is 3.28. The average molecular weight is 277 g/mol. The van der Waals surface area contributed by atoms with Gasteiger partial charge in [0.25, 0.3) is 5.91 Å². The van der Waals surface area contributed by atoms with Gasteiger partial charge in [-0.3, -0.25) is 4.79 Å². The molecule has 2 aromatic rings. The van der Waals surface area contributed by atoms with Crippen molar-refractivity contribution in [3.63, 3.8) is 0 Å². The van der Waals surface area contributed by atoms with Crippen molar-refractivity contribution in [3.8, 4) is 0 Å². The molecule has 0 unspecified atom stereocenters. The van der Waals surface area contributed by atoms with Crippen LogP contribution in [0.3, 0.4) is 0 Å². The Morgan fingerprint density at radius 3 is 2.67 bits per heavy atom. The number of halogens is 4. The quantitative estimate of drug-likeness (QED) is 0.838.